The predicted octanol–water partition coefficient (Wildman–Crippen LogP) is 2.61. The van der Waals surface area contributed by atoms with Crippen molar-refractivity contribution in [3.63, 3.8) is 0 Å². The first-order chi connectivity index (χ1) is 8.40. The minimum atomic E-state index is -1.43. The summed E-state index contributed by atoms with van der Waals surface area (Å²) in [6.07, 6.45) is 1.80. The summed E-state index contributed by atoms with van der Waals surface area (Å²) in [6.45, 7) is 4.13. The first-order valence-electron chi connectivity index (χ1n) is 6.33. The topological polar surface area (TPSA) is 44.5 Å². The van der Waals surface area contributed by atoms with Crippen molar-refractivity contribution in [1.82, 2.24) is 0 Å². The van der Waals surface area contributed by atoms with Crippen LogP contribution in [0.2, 0.25) is 0 Å². The largest absolute Gasteiger partial charge is 0.486 e. The summed E-state index contributed by atoms with van der Waals surface area (Å²) in [6, 6.07) is 3.61. The fourth-order valence-corrected chi connectivity index (χ4v) is 2.40. The molecule has 4 heteroatoms. The molecule has 1 heterocycles. The maximum Gasteiger partial charge on any atom is 0.161 e. The summed E-state index contributed by atoms with van der Waals surface area (Å²) in [5, 5.41) is 0. The fraction of sp³-hybridized carbons (Fsp3) is 0.571. The van der Waals surface area contributed by atoms with Gasteiger partial charge in [-0.2, -0.15) is 0 Å². The standard InChI is InChI=1S/C14H18FNO2/c1-13(2,15)9-7-11-12(18-6-5-17-11)8-10(9)14(16)3-4-14/h7-8H,3-6,16H2,1-2H3. The van der Waals surface area contributed by atoms with Crippen molar-refractivity contribution in [3.05, 3.63) is 23.3 Å². The summed E-state index contributed by atoms with van der Waals surface area (Å²) in [5.41, 5.74) is 5.90. The smallest absolute Gasteiger partial charge is 0.161 e. The minimum Gasteiger partial charge on any atom is -0.486 e. The molecule has 0 unspecified atom stereocenters. The van der Waals surface area contributed by atoms with Crippen molar-refractivity contribution in [1.29, 1.82) is 0 Å². The molecule has 18 heavy (non-hydrogen) atoms. The lowest BCUT2D eigenvalue weighted by molar-refractivity contribution is 0.168. The molecule has 0 atom stereocenters. The van der Waals surface area contributed by atoms with Crippen molar-refractivity contribution >= 4 is 0 Å². The number of hydrogen-bond donors (Lipinski definition) is 1. The van der Waals surface area contributed by atoms with Gasteiger partial charge < -0.3 is 15.2 Å². The molecule has 0 bridgehead atoms. The Balaban J connectivity index is 2.16. The molecule has 98 valence electrons. The maximum atomic E-state index is 14.4. The highest BCUT2D eigenvalue weighted by molar-refractivity contribution is 5.53. The third kappa shape index (κ3) is 1.85. The van der Waals surface area contributed by atoms with Crippen LogP contribution in [0.3, 0.4) is 0 Å². The summed E-state index contributed by atoms with van der Waals surface area (Å²) < 4.78 is 25.4. The van der Waals surface area contributed by atoms with E-state index >= 15 is 0 Å². The van der Waals surface area contributed by atoms with E-state index in [4.69, 9.17) is 15.2 Å². The zero-order chi connectivity index (χ0) is 13.0. The Kier molecular flexibility index (Phi) is 2.36. The Labute approximate surface area is 106 Å². The predicted molar refractivity (Wildman–Crippen MR) is 66.7 cm³/mol. The van der Waals surface area contributed by atoms with Crippen molar-refractivity contribution < 1.29 is 13.9 Å². The lowest BCUT2D eigenvalue weighted by Gasteiger charge is -2.27. The molecule has 0 amide bonds. The summed E-state index contributed by atoms with van der Waals surface area (Å²) in [4.78, 5) is 0. The van der Waals surface area contributed by atoms with Gasteiger partial charge in [-0.1, -0.05) is 0 Å². The third-order valence-corrected chi connectivity index (χ3v) is 3.65. The van der Waals surface area contributed by atoms with Crippen LogP contribution in [0.15, 0.2) is 12.1 Å². The number of hydrogen-bond acceptors (Lipinski definition) is 3. The minimum absolute atomic E-state index is 0.380. The van der Waals surface area contributed by atoms with Crippen LogP contribution in [0, 0.1) is 0 Å². The Hall–Kier alpha value is -1.29. The average molecular weight is 251 g/mol. The lowest BCUT2D eigenvalue weighted by Crippen LogP contribution is -2.26. The van der Waals surface area contributed by atoms with Crippen LogP contribution in [0.1, 0.15) is 37.8 Å². The van der Waals surface area contributed by atoms with Gasteiger partial charge in [-0.05, 0) is 49.9 Å². The molecular weight excluding hydrogens is 233 g/mol. The van der Waals surface area contributed by atoms with Crippen molar-refractivity contribution in [2.75, 3.05) is 13.2 Å². The molecular formula is C14H18FNO2. The Morgan fingerprint density at radius 1 is 1.17 bits per heavy atom. The van der Waals surface area contributed by atoms with E-state index in [1.807, 2.05) is 6.07 Å². The van der Waals surface area contributed by atoms with Gasteiger partial charge in [0.2, 0.25) is 0 Å². The molecule has 3 nitrogen and oxygen atoms in total. The molecule has 1 aromatic rings. The molecule has 1 fully saturated rings. The monoisotopic (exact) mass is 251 g/mol. The maximum absolute atomic E-state index is 14.4. The molecule has 0 saturated heterocycles. The SMILES string of the molecule is CC(C)(F)c1cc2c(cc1C1(N)CC1)OCCO2. The first kappa shape index (κ1) is 11.8. The molecule has 2 aliphatic rings. The van der Waals surface area contributed by atoms with Crippen molar-refractivity contribution in [3.8, 4) is 11.5 Å². The van der Waals surface area contributed by atoms with Crippen molar-refractivity contribution in [2.45, 2.75) is 37.9 Å². The first-order valence-corrected chi connectivity index (χ1v) is 6.33. The van der Waals surface area contributed by atoms with E-state index < -0.39 is 5.67 Å². The van der Waals surface area contributed by atoms with Crippen LogP contribution in [0.25, 0.3) is 0 Å². The summed E-state index contributed by atoms with van der Waals surface area (Å²) in [7, 11) is 0. The second kappa shape index (κ2) is 3.60. The number of alkyl halides is 1. The van der Waals surface area contributed by atoms with Crippen molar-refractivity contribution in [2.24, 2.45) is 5.73 Å². The van der Waals surface area contributed by atoms with Gasteiger partial charge in [0.25, 0.3) is 0 Å². The number of rotatable bonds is 2. The zero-order valence-corrected chi connectivity index (χ0v) is 10.8. The van der Waals surface area contributed by atoms with Gasteiger partial charge in [-0.3, -0.25) is 0 Å². The van der Waals surface area contributed by atoms with Gasteiger partial charge in [-0.25, -0.2) is 4.39 Å². The van der Waals surface area contributed by atoms with Crippen LogP contribution >= 0.6 is 0 Å². The van der Waals surface area contributed by atoms with E-state index in [1.54, 1.807) is 19.9 Å². The van der Waals surface area contributed by atoms with Gasteiger partial charge in [-0.15, -0.1) is 0 Å². The zero-order valence-electron chi connectivity index (χ0n) is 10.8. The second-order valence-corrected chi connectivity index (χ2v) is 5.67. The van der Waals surface area contributed by atoms with Gasteiger partial charge in [0.05, 0.1) is 0 Å². The van der Waals surface area contributed by atoms with Crippen LogP contribution in [-0.2, 0) is 11.2 Å². The number of ether oxygens (including phenoxy) is 2. The second-order valence-electron chi connectivity index (χ2n) is 5.67. The Morgan fingerprint density at radius 3 is 2.22 bits per heavy atom. The molecule has 0 aromatic heterocycles. The van der Waals surface area contributed by atoms with E-state index in [0.717, 1.165) is 18.4 Å². The molecule has 1 aliphatic heterocycles. The highest BCUT2D eigenvalue weighted by Gasteiger charge is 2.44. The molecule has 2 N–H and O–H groups in total. The van der Waals surface area contributed by atoms with Gasteiger partial charge in [0.15, 0.2) is 11.5 Å². The van der Waals surface area contributed by atoms with E-state index in [-0.39, 0.29) is 5.54 Å². The highest BCUT2D eigenvalue weighted by Crippen LogP contribution is 2.50. The van der Waals surface area contributed by atoms with Crippen LogP contribution in [-0.4, -0.2) is 13.2 Å². The van der Waals surface area contributed by atoms with E-state index in [1.165, 1.54) is 0 Å². The van der Waals surface area contributed by atoms with Gasteiger partial charge in [0.1, 0.15) is 18.9 Å². The van der Waals surface area contributed by atoms with E-state index in [9.17, 15) is 4.39 Å². The highest BCUT2D eigenvalue weighted by atomic mass is 19.1. The van der Waals surface area contributed by atoms with E-state index in [2.05, 4.69) is 0 Å². The number of halogens is 1. The third-order valence-electron chi connectivity index (χ3n) is 3.65. The average Bonchev–Trinajstić information content (AvgIpc) is 3.06. The molecule has 0 radical (unpaired) electrons. The van der Waals surface area contributed by atoms with Crippen LogP contribution < -0.4 is 15.2 Å². The molecule has 1 saturated carbocycles. The van der Waals surface area contributed by atoms with E-state index in [0.29, 0.717) is 30.3 Å². The molecule has 0 spiro atoms. The number of fused-ring (bicyclic) bond motifs is 1. The van der Waals surface area contributed by atoms with Gasteiger partial charge in [0, 0.05) is 5.54 Å². The molecule has 3 rings (SSSR count). The fourth-order valence-electron chi connectivity index (χ4n) is 2.40. The summed E-state index contributed by atoms with van der Waals surface area (Å²) >= 11 is 0. The number of benzene rings is 1. The normalized spacial score (nSPS) is 20.7. The Bertz CT molecular complexity index is 455. The lowest BCUT2D eigenvalue weighted by atomic mass is 9.89. The number of nitrogens with two attached hydrogens (primary N) is 1. The molecule has 1 aliphatic carbocycles. The van der Waals surface area contributed by atoms with Gasteiger partial charge >= 0.3 is 0 Å². The van der Waals surface area contributed by atoms with Crippen LogP contribution in [0.4, 0.5) is 4.39 Å². The Morgan fingerprint density at radius 2 is 1.72 bits per heavy atom. The summed E-state index contributed by atoms with van der Waals surface area (Å²) in [5.74, 6) is 1.30. The molecule has 1 aromatic carbocycles. The van der Waals surface area contributed by atoms with Crippen LogP contribution in [0.5, 0.6) is 11.5 Å². The quantitative estimate of drug-likeness (QED) is 0.878.